The third-order valence-electron chi connectivity index (χ3n) is 5.14. The standard InChI is InChI=1S/C21H24N4O2S/c26-20(15-6-4-12-25(14-15)21(27)18-9-5-13-28-18)22-11-3-10-19-23-16-7-1-2-8-17(16)24-19/h1-2,5,7-9,13,15H,3-4,6,10-12,14H2,(H,22,26)(H,23,24). The van der Waals surface area contributed by atoms with Gasteiger partial charge in [0.15, 0.2) is 0 Å². The molecule has 0 aliphatic carbocycles. The molecular formula is C21H24N4O2S. The number of likely N-dealkylation sites (tertiary alicyclic amines) is 1. The second kappa shape index (κ2) is 8.56. The van der Waals surface area contributed by atoms with Crippen LogP contribution in [0, 0.1) is 5.92 Å². The molecular weight excluding hydrogens is 372 g/mol. The molecule has 2 amide bonds. The molecule has 7 heteroatoms. The van der Waals surface area contributed by atoms with Gasteiger partial charge in [0.1, 0.15) is 5.82 Å². The van der Waals surface area contributed by atoms with E-state index in [1.807, 2.05) is 46.7 Å². The predicted octanol–water partition coefficient (Wildman–Crippen LogP) is 3.23. The molecule has 146 valence electrons. The monoisotopic (exact) mass is 396 g/mol. The average Bonchev–Trinajstić information content (AvgIpc) is 3.40. The molecule has 28 heavy (non-hydrogen) atoms. The lowest BCUT2D eigenvalue weighted by atomic mass is 9.97. The third-order valence-corrected chi connectivity index (χ3v) is 6.00. The van der Waals surface area contributed by atoms with Crippen molar-refractivity contribution < 1.29 is 9.59 Å². The molecule has 1 unspecified atom stereocenters. The average molecular weight is 397 g/mol. The number of aromatic amines is 1. The Balaban J connectivity index is 1.23. The van der Waals surface area contributed by atoms with Crippen LogP contribution in [0.2, 0.25) is 0 Å². The number of thiophene rings is 1. The number of carbonyl (C=O) groups excluding carboxylic acids is 2. The highest BCUT2D eigenvalue weighted by atomic mass is 32.1. The SMILES string of the molecule is O=C(NCCCc1nc2ccccc2[nH]1)C1CCCN(C(=O)c2cccs2)C1. The number of nitrogens with one attached hydrogen (secondary N) is 2. The van der Waals surface area contributed by atoms with Gasteiger partial charge >= 0.3 is 0 Å². The smallest absolute Gasteiger partial charge is 0.263 e. The molecule has 2 N–H and O–H groups in total. The van der Waals surface area contributed by atoms with E-state index in [-0.39, 0.29) is 17.7 Å². The van der Waals surface area contributed by atoms with Crippen LogP contribution in [0.1, 0.15) is 34.8 Å². The van der Waals surface area contributed by atoms with E-state index < -0.39 is 0 Å². The van der Waals surface area contributed by atoms with Gasteiger partial charge in [0, 0.05) is 26.1 Å². The van der Waals surface area contributed by atoms with Crippen molar-refractivity contribution in [3.05, 3.63) is 52.5 Å². The minimum absolute atomic E-state index is 0.0392. The number of imidazole rings is 1. The molecule has 3 heterocycles. The topological polar surface area (TPSA) is 78.1 Å². The van der Waals surface area contributed by atoms with Crippen LogP contribution in [-0.2, 0) is 11.2 Å². The van der Waals surface area contributed by atoms with E-state index >= 15 is 0 Å². The molecule has 0 bridgehead atoms. The second-order valence-electron chi connectivity index (χ2n) is 7.16. The summed E-state index contributed by atoms with van der Waals surface area (Å²) in [5, 5.41) is 4.94. The summed E-state index contributed by atoms with van der Waals surface area (Å²) in [4.78, 5) is 35.5. The molecule has 0 radical (unpaired) electrons. The number of amides is 2. The molecule has 1 aromatic carbocycles. The summed E-state index contributed by atoms with van der Waals surface area (Å²) in [6, 6.07) is 11.7. The molecule has 1 aliphatic rings. The van der Waals surface area contributed by atoms with Crippen molar-refractivity contribution in [1.82, 2.24) is 20.2 Å². The van der Waals surface area contributed by atoms with E-state index in [0.717, 1.165) is 54.0 Å². The van der Waals surface area contributed by atoms with Crippen molar-refractivity contribution >= 4 is 34.2 Å². The van der Waals surface area contributed by atoms with Crippen molar-refractivity contribution in [2.24, 2.45) is 5.92 Å². The number of aromatic nitrogens is 2. The first-order valence-corrected chi connectivity index (χ1v) is 10.6. The van der Waals surface area contributed by atoms with Crippen LogP contribution in [0.25, 0.3) is 11.0 Å². The van der Waals surface area contributed by atoms with Crippen molar-refractivity contribution in [1.29, 1.82) is 0 Å². The number of hydrogen-bond acceptors (Lipinski definition) is 4. The van der Waals surface area contributed by atoms with Crippen molar-refractivity contribution in [3.63, 3.8) is 0 Å². The van der Waals surface area contributed by atoms with Crippen LogP contribution in [0.5, 0.6) is 0 Å². The Morgan fingerprint density at radius 3 is 2.96 bits per heavy atom. The maximum Gasteiger partial charge on any atom is 0.263 e. The quantitative estimate of drug-likeness (QED) is 0.628. The van der Waals surface area contributed by atoms with E-state index in [1.165, 1.54) is 11.3 Å². The molecule has 6 nitrogen and oxygen atoms in total. The number of nitrogens with zero attached hydrogens (tertiary/aromatic N) is 2. The van der Waals surface area contributed by atoms with Crippen LogP contribution in [-0.4, -0.2) is 46.3 Å². The summed E-state index contributed by atoms with van der Waals surface area (Å²) in [6.07, 6.45) is 3.33. The Morgan fingerprint density at radius 1 is 1.25 bits per heavy atom. The number of benzene rings is 1. The van der Waals surface area contributed by atoms with Crippen LogP contribution in [0.15, 0.2) is 41.8 Å². The number of H-pyrrole nitrogens is 1. The molecule has 3 aromatic rings. The number of para-hydroxylation sites is 2. The Labute approximate surface area is 168 Å². The summed E-state index contributed by atoms with van der Waals surface area (Å²) < 4.78 is 0. The van der Waals surface area contributed by atoms with Gasteiger partial charge in [0.2, 0.25) is 5.91 Å². The normalized spacial score (nSPS) is 17.0. The van der Waals surface area contributed by atoms with E-state index in [2.05, 4.69) is 15.3 Å². The van der Waals surface area contributed by atoms with Crippen LogP contribution >= 0.6 is 11.3 Å². The molecule has 0 saturated carbocycles. The lowest BCUT2D eigenvalue weighted by Crippen LogP contribution is -2.45. The summed E-state index contributed by atoms with van der Waals surface area (Å²) in [7, 11) is 0. The molecule has 1 atom stereocenters. The first kappa shape index (κ1) is 18.7. The number of piperidine rings is 1. The first-order valence-electron chi connectivity index (χ1n) is 9.75. The van der Waals surface area contributed by atoms with Crippen LogP contribution < -0.4 is 5.32 Å². The van der Waals surface area contributed by atoms with Crippen molar-refractivity contribution in [3.8, 4) is 0 Å². The Bertz CT molecular complexity index is 917. The van der Waals surface area contributed by atoms with Gasteiger partial charge in [0.05, 0.1) is 21.8 Å². The molecule has 2 aromatic heterocycles. The lowest BCUT2D eigenvalue weighted by molar-refractivity contribution is -0.126. The third kappa shape index (κ3) is 4.25. The zero-order chi connectivity index (χ0) is 19.3. The maximum absolute atomic E-state index is 12.5. The number of carbonyl (C=O) groups is 2. The Hall–Kier alpha value is -2.67. The largest absolute Gasteiger partial charge is 0.356 e. The molecule has 0 spiro atoms. The van der Waals surface area contributed by atoms with Crippen LogP contribution in [0.3, 0.4) is 0 Å². The number of fused-ring (bicyclic) bond motifs is 1. The van der Waals surface area contributed by atoms with Gasteiger partial charge in [-0.05, 0) is 42.8 Å². The van der Waals surface area contributed by atoms with Gasteiger partial charge < -0.3 is 15.2 Å². The number of aryl methyl sites for hydroxylation is 1. The number of hydrogen-bond donors (Lipinski definition) is 2. The van der Waals surface area contributed by atoms with Gasteiger partial charge in [-0.25, -0.2) is 4.98 Å². The molecule has 1 fully saturated rings. The highest BCUT2D eigenvalue weighted by molar-refractivity contribution is 7.12. The van der Waals surface area contributed by atoms with E-state index in [1.54, 1.807) is 0 Å². The number of rotatable bonds is 6. The van der Waals surface area contributed by atoms with Gasteiger partial charge in [-0.2, -0.15) is 0 Å². The highest BCUT2D eigenvalue weighted by Gasteiger charge is 2.29. The lowest BCUT2D eigenvalue weighted by Gasteiger charge is -2.31. The summed E-state index contributed by atoms with van der Waals surface area (Å²) >= 11 is 1.45. The fraction of sp³-hybridized carbons (Fsp3) is 0.381. The Kier molecular flexibility index (Phi) is 5.71. The van der Waals surface area contributed by atoms with Gasteiger partial charge in [-0.1, -0.05) is 18.2 Å². The molecule has 1 saturated heterocycles. The predicted molar refractivity (Wildman–Crippen MR) is 110 cm³/mol. The fourth-order valence-corrected chi connectivity index (χ4v) is 4.36. The van der Waals surface area contributed by atoms with E-state index in [9.17, 15) is 9.59 Å². The minimum Gasteiger partial charge on any atom is -0.356 e. The molecule has 1 aliphatic heterocycles. The first-order chi connectivity index (χ1) is 13.7. The minimum atomic E-state index is -0.121. The van der Waals surface area contributed by atoms with Gasteiger partial charge in [0.25, 0.3) is 5.91 Å². The second-order valence-corrected chi connectivity index (χ2v) is 8.11. The van der Waals surface area contributed by atoms with Gasteiger partial charge in [-0.3, -0.25) is 9.59 Å². The summed E-state index contributed by atoms with van der Waals surface area (Å²) in [5.41, 5.74) is 2.01. The summed E-state index contributed by atoms with van der Waals surface area (Å²) in [5.74, 6) is 0.912. The van der Waals surface area contributed by atoms with E-state index in [4.69, 9.17) is 0 Å². The Morgan fingerprint density at radius 2 is 2.14 bits per heavy atom. The zero-order valence-electron chi connectivity index (χ0n) is 15.7. The van der Waals surface area contributed by atoms with Gasteiger partial charge in [-0.15, -0.1) is 11.3 Å². The summed E-state index contributed by atoms with van der Waals surface area (Å²) in [6.45, 7) is 1.85. The maximum atomic E-state index is 12.5. The van der Waals surface area contributed by atoms with Crippen LogP contribution in [0.4, 0.5) is 0 Å². The molecule has 4 rings (SSSR count). The fourth-order valence-electron chi connectivity index (χ4n) is 3.67. The highest BCUT2D eigenvalue weighted by Crippen LogP contribution is 2.20. The zero-order valence-corrected chi connectivity index (χ0v) is 16.5. The van der Waals surface area contributed by atoms with Crippen molar-refractivity contribution in [2.75, 3.05) is 19.6 Å². The van der Waals surface area contributed by atoms with E-state index in [0.29, 0.717) is 13.1 Å². The van der Waals surface area contributed by atoms with Crippen molar-refractivity contribution in [2.45, 2.75) is 25.7 Å².